The van der Waals surface area contributed by atoms with E-state index in [1.54, 1.807) is 0 Å². The van der Waals surface area contributed by atoms with Gasteiger partial charge in [-0.2, -0.15) is 0 Å². The predicted octanol–water partition coefficient (Wildman–Crippen LogP) is 3.89. The lowest BCUT2D eigenvalue weighted by molar-refractivity contribution is 0.178. The monoisotopic (exact) mass is 240 g/mol. The number of hydrogen-bond acceptors (Lipinski definition) is 1. The number of aryl methyl sites for hydroxylation is 3. The summed E-state index contributed by atoms with van der Waals surface area (Å²) in [5, 5.41) is 10.3. The Balaban J connectivity index is 2.16. The first-order chi connectivity index (χ1) is 8.56. The Hall–Kier alpha value is -1.60. The maximum atomic E-state index is 10.3. The molecule has 0 aliphatic heterocycles. The van der Waals surface area contributed by atoms with Crippen LogP contribution in [0, 0.1) is 20.8 Å². The van der Waals surface area contributed by atoms with Crippen LogP contribution in [-0.4, -0.2) is 5.11 Å². The van der Waals surface area contributed by atoms with Crippen molar-refractivity contribution < 1.29 is 5.11 Å². The Bertz CT molecular complexity index is 543. The van der Waals surface area contributed by atoms with E-state index in [2.05, 4.69) is 32.0 Å². The van der Waals surface area contributed by atoms with Gasteiger partial charge in [-0.15, -0.1) is 0 Å². The van der Waals surface area contributed by atoms with Gasteiger partial charge in [-0.05, 0) is 43.0 Å². The smallest absolute Gasteiger partial charge is 0.0830 e. The fourth-order valence-electron chi connectivity index (χ4n) is 2.15. The highest BCUT2D eigenvalue weighted by atomic mass is 16.3. The Morgan fingerprint density at radius 2 is 1.72 bits per heavy atom. The van der Waals surface area contributed by atoms with E-state index in [0.717, 1.165) is 5.56 Å². The lowest BCUT2D eigenvalue weighted by Crippen LogP contribution is -2.02. The highest BCUT2D eigenvalue weighted by molar-refractivity contribution is 5.32. The summed E-state index contributed by atoms with van der Waals surface area (Å²) in [6.45, 7) is 6.26. The third-order valence-corrected chi connectivity index (χ3v) is 3.43. The van der Waals surface area contributed by atoms with Crippen molar-refractivity contribution in [2.75, 3.05) is 0 Å². The zero-order valence-electron chi connectivity index (χ0n) is 11.3. The molecule has 1 atom stereocenters. The Labute approximate surface area is 109 Å². The summed E-state index contributed by atoms with van der Waals surface area (Å²) in [5.41, 5.74) is 5.94. The first kappa shape index (κ1) is 12.8. The minimum Gasteiger partial charge on any atom is -0.388 e. The van der Waals surface area contributed by atoms with Crippen molar-refractivity contribution in [1.29, 1.82) is 0 Å². The molecule has 1 unspecified atom stereocenters. The normalized spacial score (nSPS) is 12.4. The van der Waals surface area contributed by atoms with Crippen LogP contribution in [0.25, 0.3) is 0 Å². The first-order valence-corrected chi connectivity index (χ1v) is 6.37. The molecule has 0 saturated heterocycles. The molecule has 0 bridgehead atoms. The van der Waals surface area contributed by atoms with Gasteiger partial charge in [0, 0.05) is 6.42 Å². The maximum Gasteiger partial charge on any atom is 0.0830 e. The van der Waals surface area contributed by atoms with Crippen molar-refractivity contribution in [3.8, 4) is 0 Å². The molecule has 1 nitrogen and oxygen atoms in total. The quantitative estimate of drug-likeness (QED) is 0.863. The van der Waals surface area contributed by atoms with Crippen LogP contribution in [0.1, 0.15) is 33.9 Å². The number of hydrogen-bond donors (Lipinski definition) is 1. The lowest BCUT2D eigenvalue weighted by atomic mass is 9.98. The molecule has 0 aromatic heterocycles. The summed E-state index contributed by atoms with van der Waals surface area (Å²) in [5.74, 6) is 0. The van der Waals surface area contributed by atoms with Gasteiger partial charge in [0.1, 0.15) is 0 Å². The van der Waals surface area contributed by atoms with Gasteiger partial charge >= 0.3 is 0 Å². The molecule has 94 valence electrons. The van der Waals surface area contributed by atoms with Crippen molar-refractivity contribution in [3.05, 3.63) is 70.3 Å². The SMILES string of the molecule is Cc1cccc(C(O)Cc2ccc(C)c(C)c2)c1. The second-order valence-electron chi connectivity index (χ2n) is 5.05. The molecule has 0 fully saturated rings. The Kier molecular flexibility index (Phi) is 3.83. The molecular formula is C17H20O. The molecule has 1 N–H and O–H groups in total. The molecule has 2 aromatic rings. The second kappa shape index (κ2) is 5.36. The van der Waals surface area contributed by atoms with Crippen molar-refractivity contribution in [2.24, 2.45) is 0 Å². The Morgan fingerprint density at radius 1 is 0.944 bits per heavy atom. The van der Waals surface area contributed by atoms with E-state index in [4.69, 9.17) is 0 Å². The molecule has 0 heterocycles. The molecule has 2 rings (SSSR count). The minimum atomic E-state index is -0.424. The molecule has 2 aromatic carbocycles. The number of aliphatic hydroxyl groups excluding tert-OH is 1. The fourth-order valence-corrected chi connectivity index (χ4v) is 2.15. The van der Waals surface area contributed by atoms with Crippen LogP contribution in [0.5, 0.6) is 0 Å². The molecule has 0 spiro atoms. The summed E-state index contributed by atoms with van der Waals surface area (Å²) >= 11 is 0. The van der Waals surface area contributed by atoms with Gasteiger partial charge in [0.2, 0.25) is 0 Å². The van der Waals surface area contributed by atoms with E-state index in [1.165, 1.54) is 22.3 Å². The van der Waals surface area contributed by atoms with Crippen molar-refractivity contribution in [2.45, 2.75) is 33.3 Å². The van der Waals surface area contributed by atoms with Crippen LogP contribution in [0.2, 0.25) is 0 Å². The number of benzene rings is 2. The van der Waals surface area contributed by atoms with Gasteiger partial charge in [0.25, 0.3) is 0 Å². The summed E-state index contributed by atoms with van der Waals surface area (Å²) in [7, 11) is 0. The van der Waals surface area contributed by atoms with Crippen LogP contribution >= 0.6 is 0 Å². The highest BCUT2D eigenvalue weighted by Crippen LogP contribution is 2.20. The van der Waals surface area contributed by atoms with E-state index >= 15 is 0 Å². The molecule has 0 aliphatic rings. The third kappa shape index (κ3) is 2.99. The van der Waals surface area contributed by atoms with E-state index < -0.39 is 6.10 Å². The third-order valence-electron chi connectivity index (χ3n) is 3.43. The maximum absolute atomic E-state index is 10.3. The molecule has 0 saturated carbocycles. The Morgan fingerprint density at radius 3 is 2.39 bits per heavy atom. The van der Waals surface area contributed by atoms with Gasteiger partial charge in [-0.3, -0.25) is 0 Å². The standard InChI is InChI=1S/C17H20O/c1-12-5-4-6-16(9-12)17(18)11-15-8-7-13(2)14(3)10-15/h4-10,17-18H,11H2,1-3H3. The first-order valence-electron chi connectivity index (χ1n) is 6.37. The topological polar surface area (TPSA) is 20.2 Å². The van der Waals surface area contributed by atoms with E-state index in [9.17, 15) is 5.11 Å². The summed E-state index contributed by atoms with van der Waals surface area (Å²) < 4.78 is 0. The molecule has 1 heteroatoms. The van der Waals surface area contributed by atoms with E-state index in [1.807, 2.05) is 31.2 Å². The average Bonchev–Trinajstić information content (AvgIpc) is 2.34. The van der Waals surface area contributed by atoms with Gasteiger partial charge < -0.3 is 5.11 Å². The fraction of sp³-hybridized carbons (Fsp3) is 0.294. The summed E-state index contributed by atoms with van der Waals surface area (Å²) in [6, 6.07) is 14.5. The predicted molar refractivity (Wildman–Crippen MR) is 75.8 cm³/mol. The zero-order chi connectivity index (χ0) is 13.1. The molecular weight excluding hydrogens is 220 g/mol. The van der Waals surface area contributed by atoms with Crippen molar-refractivity contribution in [3.63, 3.8) is 0 Å². The van der Waals surface area contributed by atoms with Gasteiger partial charge in [0.15, 0.2) is 0 Å². The zero-order valence-corrected chi connectivity index (χ0v) is 11.3. The van der Waals surface area contributed by atoms with Gasteiger partial charge in [-0.1, -0.05) is 48.0 Å². The van der Waals surface area contributed by atoms with E-state index in [0.29, 0.717) is 6.42 Å². The molecule has 0 radical (unpaired) electrons. The van der Waals surface area contributed by atoms with Crippen LogP contribution in [0.3, 0.4) is 0 Å². The van der Waals surface area contributed by atoms with Crippen LogP contribution in [0.15, 0.2) is 42.5 Å². The van der Waals surface area contributed by atoms with Crippen LogP contribution < -0.4 is 0 Å². The van der Waals surface area contributed by atoms with Crippen LogP contribution in [0.4, 0.5) is 0 Å². The number of rotatable bonds is 3. The number of aliphatic hydroxyl groups is 1. The van der Waals surface area contributed by atoms with Gasteiger partial charge in [-0.25, -0.2) is 0 Å². The summed E-state index contributed by atoms with van der Waals surface area (Å²) in [4.78, 5) is 0. The average molecular weight is 240 g/mol. The van der Waals surface area contributed by atoms with Crippen molar-refractivity contribution >= 4 is 0 Å². The summed E-state index contributed by atoms with van der Waals surface area (Å²) in [6.07, 6.45) is 0.247. The van der Waals surface area contributed by atoms with Gasteiger partial charge in [0.05, 0.1) is 6.10 Å². The molecule has 0 amide bonds. The molecule has 18 heavy (non-hydrogen) atoms. The van der Waals surface area contributed by atoms with E-state index in [-0.39, 0.29) is 0 Å². The second-order valence-corrected chi connectivity index (χ2v) is 5.05. The molecule has 0 aliphatic carbocycles. The minimum absolute atomic E-state index is 0.424. The lowest BCUT2D eigenvalue weighted by Gasteiger charge is -2.13. The van der Waals surface area contributed by atoms with Crippen LogP contribution in [-0.2, 0) is 6.42 Å². The largest absolute Gasteiger partial charge is 0.388 e. The van der Waals surface area contributed by atoms with Crippen molar-refractivity contribution in [1.82, 2.24) is 0 Å². The highest BCUT2D eigenvalue weighted by Gasteiger charge is 2.09.